The van der Waals surface area contributed by atoms with E-state index in [1.807, 2.05) is 5.21 Å². The number of nitrogens with one attached hydrogen (secondary N) is 2. The van der Waals surface area contributed by atoms with E-state index >= 15 is 0 Å². The molecular weight excluding hydrogens is 212 g/mol. The zero-order valence-electron chi connectivity index (χ0n) is 6.95. The topological polar surface area (TPSA) is 191 Å². The van der Waals surface area contributed by atoms with Gasteiger partial charge in [-0.1, -0.05) is 5.10 Å². The van der Waals surface area contributed by atoms with Crippen molar-refractivity contribution < 1.29 is 9.85 Å². The standard InChI is InChI=1S/C3H4N8O4/c4-1(5)3(10(12)13,11(14)15)2-6-8-9-7-2/h(H3,4,5)(H,6,7,8,9). The van der Waals surface area contributed by atoms with Gasteiger partial charge in [-0.25, -0.2) is 0 Å². The Morgan fingerprint density at radius 3 is 2.27 bits per heavy atom. The summed E-state index contributed by atoms with van der Waals surface area (Å²) in [6.45, 7) is 0. The van der Waals surface area contributed by atoms with Crippen molar-refractivity contribution in [2.24, 2.45) is 5.73 Å². The Kier molecular flexibility index (Phi) is 2.25. The third-order valence-electron chi connectivity index (χ3n) is 1.56. The lowest BCUT2D eigenvalue weighted by molar-refractivity contribution is -0.786. The Balaban J connectivity index is 3.47. The minimum Gasteiger partial charge on any atom is -0.375 e. The van der Waals surface area contributed by atoms with Crippen molar-refractivity contribution in [3.63, 3.8) is 0 Å². The van der Waals surface area contributed by atoms with E-state index in [0.29, 0.717) is 0 Å². The van der Waals surface area contributed by atoms with E-state index in [-0.39, 0.29) is 0 Å². The van der Waals surface area contributed by atoms with Crippen LogP contribution >= 0.6 is 0 Å². The number of H-pyrrole nitrogens is 1. The second-order valence-corrected chi connectivity index (χ2v) is 2.34. The Bertz CT molecular complexity index is 373. The van der Waals surface area contributed by atoms with Crippen LogP contribution in [0.1, 0.15) is 5.82 Å². The third kappa shape index (κ3) is 1.23. The lowest BCUT2D eigenvalue weighted by Gasteiger charge is -2.10. The van der Waals surface area contributed by atoms with Gasteiger partial charge in [-0.15, -0.1) is 5.10 Å². The highest BCUT2D eigenvalue weighted by molar-refractivity contribution is 5.84. The quantitative estimate of drug-likeness (QED) is 0.166. The van der Waals surface area contributed by atoms with Crippen LogP contribution in [-0.4, -0.2) is 36.3 Å². The molecule has 1 rings (SSSR count). The van der Waals surface area contributed by atoms with Crippen molar-refractivity contribution in [1.29, 1.82) is 5.41 Å². The van der Waals surface area contributed by atoms with Gasteiger partial charge in [-0.05, 0) is 5.21 Å². The molecule has 1 aromatic heterocycles. The summed E-state index contributed by atoms with van der Waals surface area (Å²) in [7, 11) is 0. The maximum Gasteiger partial charge on any atom is 0.577 e. The van der Waals surface area contributed by atoms with E-state index < -0.39 is 27.2 Å². The molecule has 12 nitrogen and oxygen atoms in total. The number of aromatic amines is 1. The number of hydrogen-bond donors (Lipinski definition) is 3. The smallest absolute Gasteiger partial charge is 0.375 e. The summed E-state index contributed by atoms with van der Waals surface area (Å²) in [5, 5.41) is 39.1. The highest BCUT2D eigenvalue weighted by atomic mass is 16.7. The highest BCUT2D eigenvalue weighted by Crippen LogP contribution is 2.21. The zero-order chi connectivity index (χ0) is 11.6. The third-order valence-corrected chi connectivity index (χ3v) is 1.56. The summed E-state index contributed by atoms with van der Waals surface area (Å²) in [5.41, 5.74) is 1.66. The number of tetrazole rings is 1. The molecule has 80 valence electrons. The molecule has 1 aromatic rings. The molecule has 12 heteroatoms. The van der Waals surface area contributed by atoms with Gasteiger partial charge < -0.3 is 5.73 Å². The van der Waals surface area contributed by atoms with Gasteiger partial charge in [0, 0.05) is 0 Å². The molecular formula is C3H4N8O4. The van der Waals surface area contributed by atoms with Crippen LogP contribution < -0.4 is 5.73 Å². The first kappa shape index (κ1) is 10.4. The van der Waals surface area contributed by atoms with Gasteiger partial charge in [-0.2, -0.15) is 5.21 Å². The molecule has 0 amide bonds. The van der Waals surface area contributed by atoms with Gasteiger partial charge in [0.15, 0.2) is 0 Å². The van der Waals surface area contributed by atoms with Crippen LogP contribution in [-0.2, 0) is 5.66 Å². The lowest BCUT2D eigenvalue weighted by atomic mass is 10.1. The van der Waals surface area contributed by atoms with E-state index in [4.69, 9.17) is 11.1 Å². The first-order chi connectivity index (χ1) is 6.94. The Labute approximate surface area is 80.3 Å². The van der Waals surface area contributed by atoms with Crippen LogP contribution in [0.5, 0.6) is 0 Å². The number of nitro groups is 2. The monoisotopic (exact) mass is 216 g/mol. The first-order valence-corrected chi connectivity index (χ1v) is 3.31. The Morgan fingerprint density at radius 1 is 1.47 bits per heavy atom. The van der Waals surface area contributed by atoms with Crippen molar-refractivity contribution in [1.82, 2.24) is 20.6 Å². The fourth-order valence-corrected chi connectivity index (χ4v) is 0.857. The molecule has 0 radical (unpaired) electrons. The predicted octanol–water partition coefficient (Wildman–Crippen LogP) is -2.16. The van der Waals surface area contributed by atoms with Crippen LogP contribution in [0.4, 0.5) is 0 Å². The van der Waals surface area contributed by atoms with E-state index in [1.54, 1.807) is 0 Å². The molecule has 0 aliphatic carbocycles. The van der Waals surface area contributed by atoms with Gasteiger partial charge in [0.05, 0.1) is 0 Å². The molecule has 0 aliphatic heterocycles. The van der Waals surface area contributed by atoms with Crippen molar-refractivity contribution in [3.8, 4) is 0 Å². The van der Waals surface area contributed by atoms with Crippen molar-refractivity contribution >= 4 is 5.84 Å². The van der Waals surface area contributed by atoms with Crippen LogP contribution in [0.2, 0.25) is 0 Å². The van der Waals surface area contributed by atoms with Crippen molar-refractivity contribution in [3.05, 3.63) is 26.1 Å². The number of nitrogens with two attached hydrogens (primary N) is 1. The second kappa shape index (κ2) is 3.24. The van der Waals surface area contributed by atoms with Gasteiger partial charge in [0.2, 0.25) is 0 Å². The summed E-state index contributed by atoms with van der Waals surface area (Å²) < 4.78 is 0. The molecule has 0 aromatic carbocycles. The SMILES string of the molecule is N=C(N)C(c1nn[nH]n1)([N+](=O)[O-])[N+](=O)[O-]. The first-order valence-electron chi connectivity index (χ1n) is 3.31. The maximum atomic E-state index is 10.6. The Hall–Kier alpha value is -2.66. The summed E-state index contributed by atoms with van der Waals surface area (Å²) in [5.74, 6) is -2.20. The molecule has 0 spiro atoms. The molecule has 0 aliphatic rings. The molecule has 0 atom stereocenters. The molecule has 1 heterocycles. The van der Waals surface area contributed by atoms with Gasteiger partial charge in [0.25, 0.3) is 5.84 Å². The van der Waals surface area contributed by atoms with Crippen LogP contribution in [0.25, 0.3) is 0 Å². The number of nitrogens with zero attached hydrogens (tertiary/aromatic N) is 5. The van der Waals surface area contributed by atoms with Gasteiger partial charge >= 0.3 is 11.5 Å². The highest BCUT2D eigenvalue weighted by Gasteiger charge is 2.66. The van der Waals surface area contributed by atoms with E-state index in [2.05, 4.69) is 15.4 Å². The minimum absolute atomic E-state index is 0.898. The summed E-state index contributed by atoms with van der Waals surface area (Å²) in [6.07, 6.45) is 0. The molecule has 15 heavy (non-hydrogen) atoms. The van der Waals surface area contributed by atoms with Gasteiger partial charge in [0.1, 0.15) is 9.85 Å². The van der Waals surface area contributed by atoms with E-state index in [1.165, 1.54) is 0 Å². The van der Waals surface area contributed by atoms with E-state index in [9.17, 15) is 20.2 Å². The number of amidine groups is 1. The van der Waals surface area contributed by atoms with Crippen molar-refractivity contribution in [2.45, 2.75) is 5.66 Å². The van der Waals surface area contributed by atoms with Gasteiger partial charge in [-0.3, -0.25) is 25.6 Å². The molecule has 4 N–H and O–H groups in total. The second-order valence-electron chi connectivity index (χ2n) is 2.34. The molecule has 0 saturated heterocycles. The molecule has 0 fully saturated rings. The lowest BCUT2D eigenvalue weighted by Crippen LogP contribution is -2.54. The van der Waals surface area contributed by atoms with Crippen LogP contribution in [0.15, 0.2) is 0 Å². The summed E-state index contributed by atoms with van der Waals surface area (Å²) in [6, 6.07) is 0. The average molecular weight is 216 g/mol. The van der Waals surface area contributed by atoms with Crippen molar-refractivity contribution in [2.75, 3.05) is 0 Å². The predicted molar refractivity (Wildman–Crippen MR) is 41.8 cm³/mol. The number of rotatable bonds is 4. The summed E-state index contributed by atoms with van der Waals surface area (Å²) >= 11 is 0. The molecule has 0 unspecified atom stereocenters. The maximum absolute atomic E-state index is 10.6. The van der Waals surface area contributed by atoms with Crippen LogP contribution in [0.3, 0.4) is 0 Å². The minimum atomic E-state index is -3.19. The fraction of sp³-hybridized carbons (Fsp3) is 0.333. The molecule has 0 saturated carbocycles. The summed E-state index contributed by atoms with van der Waals surface area (Å²) in [4.78, 5) is 18.5. The van der Waals surface area contributed by atoms with Crippen LogP contribution in [0, 0.1) is 25.6 Å². The fourth-order valence-electron chi connectivity index (χ4n) is 0.857. The van der Waals surface area contributed by atoms with E-state index in [0.717, 1.165) is 0 Å². The Morgan fingerprint density at radius 2 is 2.00 bits per heavy atom. The number of hydrogen-bond acceptors (Lipinski definition) is 8. The largest absolute Gasteiger partial charge is 0.577 e. The molecule has 0 bridgehead atoms. The average Bonchev–Trinajstić information content (AvgIpc) is 2.55. The normalized spacial score (nSPS) is 10.9. The zero-order valence-corrected chi connectivity index (χ0v) is 6.95. The number of aromatic nitrogens is 4.